The first-order chi connectivity index (χ1) is 10.8. The maximum atomic E-state index is 5.62. The molecule has 0 aliphatic carbocycles. The summed E-state index contributed by atoms with van der Waals surface area (Å²) < 4.78 is 0. The summed E-state index contributed by atoms with van der Waals surface area (Å²) in [7, 11) is 0. The van der Waals surface area contributed by atoms with Gasteiger partial charge in [-0.2, -0.15) is 0 Å². The molecule has 0 atom stereocenters. The van der Waals surface area contributed by atoms with Crippen molar-refractivity contribution in [3.8, 4) is 0 Å². The Morgan fingerprint density at radius 3 is 1.87 bits per heavy atom. The molecule has 0 bridgehead atoms. The van der Waals surface area contributed by atoms with Gasteiger partial charge in [-0.25, -0.2) is 0 Å². The smallest absolute Gasteiger partial charge is 0.0320 e. The molecule has 0 amide bonds. The zero-order valence-electron chi connectivity index (χ0n) is 15.8. The second-order valence-electron chi connectivity index (χ2n) is 6.44. The Kier molecular flexibility index (Phi) is 10.9. The summed E-state index contributed by atoms with van der Waals surface area (Å²) >= 11 is 0. The summed E-state index contributed by atoms with van der Waals surface area (Å²) in [5.41, 5.74) is 12.4. The van der Waals surface area contributed by atoms with E-state index >= 15 is 0 Å². The molecule has 2 N–H and O–H groups in total. The van der Waals surface area contributed by atoms with E-state index in [1.54, 1.807) is 5.57 Å². The second kappa shape index (κ2) is 11.8. The van der Waals surface area contributed by atoms with Crippen LogP contribution in [0.15, 0.2) is 48.6 Å². The minimum absolute atomic E-state index is 0.591. The molecule has 0 aromatic heterocycles. The number of benzene rings is 1. The Hall–Kier alpha value is -1.76. The van der Waals surface area contributed by atoms with Crippen molar-refractivity contribution < 1.29 is 0 Å². The van der Waals surface area contributed by atoms with E-state index in [4.69, 9.17) is 5.73 Å². The molecule has 23 heavy (non-hydrogen) atoms. The predicted octanol–water partition coefficient (Wildman–Crippen LogP) is 6.96. The van der Waals surface area contributed by atoms with Gasteiger partial charge >= 0.3 is 0 Å². The predicted molar refractivity (Wildman–Crippen MR) is 107 cm³/mol. The van der Waals surface area contributed by atoms with Gasteiger partial charge in [-0.1, -0.05) is 80.3 Å². The maximum Gasteiger partial charge on any atom is 0.0320 e. The van der Waals surface area contributed by atoms with Crippen molar-refractivity contribution >= 4 is 11.3 Å². The van der Waals surface area contributed by atoms with Crippen LogP contribution in [0.3, 0.4) is 0 Å². The summed E-state index contributed by atoms with van der Waals surface area (Å²) in [6, 6.07) is 7.86. The van der Waals surface area contributed by atoms with Crippen molar-refractivity contribution in [3.63, 3.8) is 0 Å². The van der Waals surface area contributed by atoms with Crippen molar-refractivity contribution in [1.82, 2.24) is 0 Å². The number of rotatable bonds is 7. The first-order valence-corrected chi connectivity index (χ1v) is 8.63. The van der Waals surface area contributed by atoms with Crippen LogP contribution in [0.25, 0.3) is 11.3 Å². The number of hydrogen-bond acceptors (Lipinski definition) is 1. The molecule has 0 saturated carbocycles. The lowest BCUT2D eigenvalue weighted by atomic mass is 10.0. The SMILES string of the molecule is C=C(C)c1ccccc1C(=C)N.CCCCCCC(C)=C(C)C. The highest BCUT2D eigenvalue weighted by atomic mass is 14.6. The zero-order chi connectivity index (χ0) is 17.8. The number of hydrogen-bond donors (Lipinski definition) is 1. The lowest BCUT2D eigenvalue weighted by Crippen LogP contribution is -1.97. The molecule has 0 unspecified atom stereocenters. The summed E-state index contributed by atoms with van der Waals surface area (Å²) in [6.07, 6.45) is 6.83. The van der Waals surface area contributed by atoms with Crippen LogP contribution in [0.1, 0.15) is 77.8 Å². The third-order valence-corrected chi connectivity index (χ3v) is 3.99. The van der Waals surface area contributed by atoms with Crippen LogP contribution < -0.4 is 5.73 Å². The lowest BCUT2D eigenvalue weighted by Gasteiger charge is -2.07. The van der Waals surface area contributed by atoms with E-state index in [-0.39, 0.29) is 0 Å². The summed E-state index contributed by atoms with van der Waals surface area (Å²) in [5.74, 6) is 0. The van der Waals surface area contributed by atoms with Crippen LogP contribution in [0.4, 0.5) is 0 Å². The quantitative estimate of drug-likeness (QED) is 0.427. The van der Waals surface area contributed by atoms with Gasteiger partial charge in [-0.3, -0.25) is 0 Å². The fourth-order valence-corrected chi connectivity index (χ4v) is 2.20. The average molecular weight is 314 g/mol. The van der Waals surface area contributed by atoms with E-state index in [2.05, 4.69) is 40.9 Å². The van der Waals surface area contributed by atoms with Gasteiger partial charge in [0.1, 0.15) is 0 Å². The minimum atomic E-state index is 0.591. The van der Waals surface area contributed by atoms with Crippen LogP contribution in [0.5, 0.6) is 0 Å². The molecule has 1 rings (SSSR count). The minimum Gasteiger partial charge on any atom is -0.399 e. The van der Waals surface area contributed by atoms with E-state index in [1.165, 1.54) is 37.7 Å². The molecule has 128 valence electrons. The number of unbranched alkanes of at least 4 members (excludes halogenated alkanes) is 3. The maximum absolute atomic E-state index is 5.62. The van der Waals surface area contributed by atoms with Crippen molar-refractivity contribution in [1.29, 1.82) is 0 Å². The van der Waals surface area contributed by atoms with Gasteiger partial charge in [0.2, 0.25) is 0 Å². The van der Waals surface area contributed by atoms with Gasteiger partial charge in [0.25, 0.3) is 0 Å². The third kappa shape index (κ3) is 9.07. The highest BCUT2D eigenvalue weighted by Crippen LogP contribution is 2.20. The Morgan fingerprint density at radius 1 is 0.913 bits per heavy atom. The van der Waals surface area contributed by atoms with Gasteiger partial charge in [0.05, 0.1) is 0 Å². The van der Waals surface area contributed by atoms with E-state index < -0.39 is 0 Å². The third-order valence-electron chi connectivity index (χ3n) is 3.99. The molecule has 0 radical (unpaired) electrons. The molecule has 0 aliphatic heterocycles. The monoisotopic (exact) mass is 313 g/mol. The van der Waals surface area contributed by atoms with Crippen molar-refractivity contribution in [3.05, 3.63) is 59.7 Å². The average Bonchev–Trinajstić information content (AvgIpc) is 2.51. The molecule has 0 spiro atoms. The van der Waals surface area contributed by atoms with Crippen molar-refractivity contribution in [2.45, 2.75) is 66.7 Å². The molecule has 0 aliphatic rings. The first kappa shape index (κ1) is 21.2. The van der Waals surface area contributed by atoms with E-state index in [1.807, 2.05) is 31.2 Å². The van der Waals surface area contributed by atoms with Gasteiger partial charge in [-0.15, -0.1) is 0 Å². The van der Waals surface area contributed by atoms with Gasteiger partial charge in [0.15, 0.2) is 0 Å². The highest BCUT2D eigenvalue weighted by Gasteiger charge is 2.01. The molecule has 0 saturated heterocycles. The van der Waals surface area contributed by atoms with Crippen LogP contribution in [0, 0.1) is 0 Å². The van der Waals surface area contributed by atoms with Crippen LogP contribution in [-0.4, -0.2) is 0 Å². The molecule has 1 aromatic rings. The molecular weight excluding hydrogens is 278 g/mol. The standard InChI is InChI=1S/C11H13N.C11H22/c1-8(2)10-6-4-5-7-11(10)9(3)12;1-5-6-7-8-9-11(4)10(2)3/h4-7H,1,3,12H2,2H3;5-9H2,1-4H3. The summed E-state index contributed by atoms with van der Waals surface area (Å²) in [5, 5.41) is 0. The van der Waals surface area contributed by atoms with E-state index in [9.17, 15) is 0 Å². The topological polar surface area (TPSA) is 26.0 Å². The molecule has 0 fully saturated rings. The molecule has 1 aromatic carbocycles. The second-order valence-corrected chi connectivity index (χ2v) is 6.44. The summed E-state index contributed by atoms with van der Waals surface area (Å²) in [4.78, 5) is 0. The van der Waals surface area contributed by atoms with Gasteiger partial charge in [0, 0.05) is 11.3 Å². The van der Waals surface area contributed by atoms with Crippen molar-refractivity contribution in [2.24, 2.45) is 5.73 Å². The van der Waals surface area contributed by atoms with Crippen LogP contribution >= 0.6 is 0 Å². The van der Waals surface area contributed by atoms with E-state index in [0.29, 0.717) is 5.70 Å². The Labute approximate surface area is 144 Å². The Bertz CT molecular complexity index is 498. The van der Waals surface area contributed by atoms with E-state index in [0.717, 1.165) is 16.7 Å². The normalized spacial score (nSPS) is 9.61. The number of allylic oxidation sites excluding steroid dienone is 3. The molecule has 1 heteroatoms. The van der Waals surface area contributed by atoms with Gasteiger partial charge < -0.3 is 5.73 Å². The van der Waals surface area contributed by atoms with Gasteiger partial charge in [-0.05, 0) is 46.1 Å². The Balaban J connectivity index is 0.000000423. The fraction of sp³-hybridized carbons (Fsp3) is 0.455. The highest BCUT2D eigenvalue weighted by molar-refractivity contribution is 5.75. The van der Waals surface area contributed by atoms with Crippen LogP contribution in [-0.2, 0) is 0 Å². The molecular formula is C22H35N. The summed E-state index contributed by atoms with van der Waals surface area (Å²) in [6.45, 7) is 18.5. The lowest BCUT2D eigenvalue weighted by molar-refractivity contribution is 0.662. The molecule has 1 nitrogen and oxygen atoms in total. The Morgan fingerprint density at radius 2 is 1.48 bits per heavy atom. The number of nitrogens with two attached hydrogens (primary N) is 1. The fourth-order valence-electron chi connectivity index (χ4n) is 2.20. The molecule has 0 heterocycles. The zero-order valence-corrected chi connectivity index (χ0v) is 15.8. The van der Waals surface area contributed by atoms with Crippen LogP contribution in [0.2, 0.25) is 0 Å². The van der Waals surface area contributed by atoms with Crippen molar-refractivity contribution in [2.75, 3.05) is 0 Å². The first-order valence-electron chi connectivity index (χ1n) is 8.63. The largest absolute Gasteiger partial charge is 0.399 e.